The van der Waals surface area contributed by atoms with E-state index in [1.165, 1.54) is 41.3 Å². The highest BCUT2D eigenvalue weighted by atomic mass is 32.2. The highest BCUT2D eigenvalue weighted by Gasteiger charge is 2.11. The van der Waals surface area contributed by atoms with Gasteiger partial charge in [0, 0.05) is 24.2 Å². The molecule has 2 N–H and O–H groups in total. The number of nitrogens with zero attached hydrogens (tertiary/aromatic N) is 3. The molecule has 0 radical (unpaired) electrons. The van der Waals surface area contributed by atoms with Crippen LogP contribution >= 0.6 is 23.1 Å². The number of nitrogens with one attached hydrogen (secondary N) is 2. The smallest absolute Gasteiger partial charge is 0.271 e. The molecule has 132 valence electrons. The summed E-state index contributed by atoms with van der Waals surface area (Å²) in [4.78, 5) is 33.6. The lowest BCUT2D eigenvalue weighted by atomic mass is 10.3. The Bertz CT molecular complexity index is 780. The predicted octanol–water partition coefficient (Wildman–Crippen LogP) is 2.92. The third-order valence-electron chi connectivity index (χ3n) is 2.80. The molecule has 11 heteroatoms. The molecule has 0 bridgehead atoms. The van der Waals surface area contributed by atoms with Gasteiger partial charge in [0.25, 0.3) is 5.69 Å². The van der Waals surface area contributed by atoms with E-state index >= 15 is 0 Å². The molecular formula is C14H15N5O4S2. The van der Waals surface area contributed by atoms with E-state index in [1.807, 2.05) is 6.92 Å². The van der Waals surface area contributed by atoms with Crippen molar-refractivity contribution in [2.45, 2.75) is 24.1 Å². The van der Waals surface area contributed by atoms with Crippen molar-refractivity contribution in [2.75, 3.05) is 16.4 Å². The monoisotopic (exact) mass is 381 g/mol. The van der Waals surface area contributed by atoms with Crippen LogP contribution in [0.25, 0.3) is 0 Å². The number of nitro benzene ring substituents is 1. The molecule has 2 aromatic rings. The SMILES string of the molecule is CCCC(=O)Nc1nnc(SCC(=O)Nc2cccc([N+](=O)[O-])c2)s1. The summed E-state index contributed by atoms with van der Waals surface area (Å²) in [5.41, 5.74) is 0.256. The molecule has 25 heavy (non-hydrogen) atoms. The number of nitro groups is 1. The highest BCUT2D eigenvalue weighted by molar-refractivity contribution is 8.01. The molecule has 0 saturated heterocycles. The number of hydrogen-bond acceptors (Lipinski definition) is 8. The number of aromatic nitrogens is 2. The Balaban J connectivity index is 1.84. The minimum Gasteiger partial charge on any atom is -0.325 e. The van der Waals surface area contributed by atoms with Crippen LogP contribution in [0.4, 0.5) is 16.5 Å². The van der Waals surface area contributed by atoms with Gasteiger partial charge in [-0.05, 0) is 12.5 Å². The first-order valence-electron chi connectivity index (χ1n) is 7.28. The van der Waals surface area contributed by atoms with Crippen LogP contribution in [-0.2, 0) is 9.59 Å². The Kier molecular flexibility index (Phi) is 6.83. The molecule has 9 nitrogen and oxygen atoms in total. The number of benzene rings is 1. The van der Waals surface area contributed by atoms with Gasteiger partial charge in [-0.25, -0.2) is 0 Å². The maximum absolute atomic E-state index is 11.9. The fourth-order valence-electron chi connectivity index (χ4n) is 1.75. The van der Waals surface area contributed by atoms with Gasteiger partial charge in [0.15, 0.2) is 4.34 Å². The van der Waals surface area contributed by atoms with Crippen molar-refractivity contribution >= 4 is 51.4 Å². The summed E-state index contributed by atoms with van der Waals surface area (Å²) in [7, 11) is 0. The minimum absolute atomic E-state index is 0.0697. The van der Waals surface area contributed by atoms with Crippen LogP contribution in [0.2, 0.25) is 0 Å². The minimum atomic E-state index is -0.528. The Morgan fingerprint density at radius 3 is 2.80 bits per heavy atom. The lowest BCUT2D eigenvalue weighted by Crippen LogP contribution is -2.14. The van der Waals surface area contributed by atoms with Gasteiger partial charge >= 0.3 is 0 Å². The molecule has 0 atom stereocenters. The maximum atomic E-state index is 11.9. The first-order chi connectivity index (χ1) is 12.0. The van der Waals surface area contributed by atoms with Gasteiger partial charge in [-0.2, -0.15) is 0 Å². The summed E-state index contributed by atoms with van der Waals surface area (Å²) < 4.78 is 0.543. The predicted molar refractivity (Wildman–Crippen MR) is 95.9 cm³/mol. The number of carbonyl (C=O) groups is 2. The second-order valence-corrected chi connectivity index (χ2v) is 7.02. The van der Waals surface area contributed by atoms with E-state index in [-0.39, 0.29) is 23.3 Å². The van der Waals surface area contributed by atoms with E-state index in [1.54, 1.807) is 6.07 Å². The second-order valence-electron chi connectivity index (χ2n) is 4.82. The van der Waals surface area contributed by atoms with E-state index in [9.17, 15) is 19.7 Å². The van der Waals surface area contributed by atoms with Crippen LogP contribution in [0.1, 0.15) is 19.8 Å². The third-order valence-corrected chi connectivity index (χ3v) is 4.77. The highest BCUT2D eigenvalue weighted by Crippen LogP contribution is 2.26. The molecule has 0 aliphatic rings. The topological polar surface area (TPSA) is 127 Å². The van der Waals surface area contributed by atoms with Crippen molar-refractivity contribution in [3.05, 3.63) is 34.4 Å². The van der Waals surface area contributed by atoms with Crippen molar-refractivity contribution in [1.82, 2.24) is 10.2 Å². The zero-order valence-corrected chi connectivity index (χ0v) is 14.9. The van der Waals surface area contributed by atoms with Crippen LogP contribution in [0, 0.1) is 10.1 Å². The molecule has 1 aromatic heterocycles. The fraction of sp³-hybridized carbons (Fsp3) is 0.286. The van der Waals surface area contributed by atoms with Gasteiger partial charge in [-0.3, -0.25) is 19.7 Å². The van der Waals surface area contributed by atoms with Crippen molar-refractivity contribution in [2.24, 2.45) is 0 Å². The normalized spacial score (nSPS) is 10.3. The van der Waals surface area contributed by atoms with Crippen LogP contribution in [0.3, 0.4) is 0 Å². The lowest BCUT2D eigenvalue weighted by Gasteiger charge is -2.03. The summed E-state index contributed by atoms with van der Waals surface area (Å²) in [5.74, 6) is -0.379. The van der Waals surface area contributed by atoms with E-state index in [0.717, 1.165) is 6.42 Å². The van der Waals surface area contributed by atoms with Crippen LogP contribution in [0.15, 0.2) is 28.6 Å². The van der Waals surface area contributed by atoms with Gasteiger partial charge < -0.3 is 10.6 Å². The van der Waals surface area contributed by atoms with Crippen LogP contribution < -0.4 is 10.6 Å². The van der Waals surface area contributed by atoms with Crippen molar-refractivity contribution in [1.29, 1.82) is 0 Å². The van der Waals surface area contributed by atoms with Crippen molar-refractivity contribution < 1.29 is 14.5 Å². The molecule has 0 spiro atoms. The van der Waals surface area contributed by atoms with Crippen molar-refractivity contribution in [3.8, 4) is 0 Å². The van der Waals surface area contributed by atoms with E-state index in [0.29, 0.717) is 21.6 Å². The fourth-order valence-corrected chi connectivity index (χ4v) is 3.32. The van der Waals surface area contributed by atoms with Gasteiger partial charge in [-0.1, -0.05) is 36.1 Å². The third kappa shape index (κ3) is 6.12. The van der Waals surface area contributed by atoms with Gasteiger partial charge in [-0.15, -0.1) is 10.2 Å². The summed E-state index contributed by atoms with van der Waals surface area (Å²) >= 11 is 2.35. The average Bonchev–Trinajstić information content (AvgIpc) is 3.00. The molecule has 0 saturated carbocycles. The number of carbonyl (C=O) groups excluding carboxylic acids is 2. The van der Waals surface area contributed by atoms with Crippen LogP contribution in [-0.4, -0.2) is 32.7 Å². The quantitative estimate of drug-likeness (QED) is 0.311. The molecule has 2 amide bonds. The van der Waals surface area contributed by atoms with E-state index in [4.69, 9.17) is 0 Å². The Hall–Kier alpha value is -2.53. The largest absolute Gasteiger partial charge is 0.325 e. The summed E-state index contributed by atoms with van der Waals surface area (Å²) in [5, 5.41) is 24.1. The first-order valence-corrected chi connectivity index (χ1v) is 9.08. The molecule has 0 aliphatic heterocycles. The Morgan fingerprint density at radius 1 is 1.28 bits per heavy atom. The number of non-ortho nitro benzene ring substituents is 1. The Morgan fingerprint density at radius 2 is 2.08 bits per heavy atom. The number of thioether (sulfide) groups is 1. The first kappa shape index (κ1) is 18.8. The van der Waals surface area contributed by atoms with Gasteiger partial charge in [0.05, 0.1) is 10.7 Å². The molecule has 0 aliphatic carbocycles. The molecule has 1 aromatic carbocycles. The van der Waals surface area contributed by atoms with Crippen LogP contribution in [0.5, 0.6) is 0 Å². The second kappa shape index (κ2) is 9.08. The molecule has 0 unspecified atom stereocenters. The summed E-state index contributed by atoms with van der Waals surface area (Å²) in [6.45, 7) is 1.90. The molecular weight excluding hydrogens is 366 g/mol. The summed E-state index contributed by atoms with van der Waals surface area (Å²) in [6, 6.07) is 5.70. The molecule has 2 rings (SSSR count). The van der Waals surface area contributed by atoms with Gasteiger partial charge in [0.2, 0.25) is 16.9 Å². The summed E-state index contributed by atoms with van der Waals surface area (Å²) in [6.07, 6.45) is 1.15. The van der Waals surface area contributed by atoms with Crippen molar-refractivity contribution in [3.63, 3.8) is 0 Å². The lowest BCUT2D eigenvalue weighted by molar-refractivity contribution is -0.384. The zero-order chi connectivity index (χ0) is 18.2. The Labute approximate surface area is 151 Å². The number of rotatable bonds is 8. The van der Waals surface area contributed by atoms with E-state index < -0.39 is 4.92 Å². The van der Waals surface area contributed by atoms with E-state index in [2.05, 4.69) is 20.8 Å². The number of anilines is 2. The standard InChI is InChI=1S/C14H15N5O4S2/c1-2-4-11(20)16-13-17-18-14(25-13)24-8-12(21)15-9-5-3-6-10(7-9)19(22)23/h3,5-7H,2,4,8H2,1H3,(H,15,21)(H,16,17,20). The molecule has 0 fully saturated rings. The maximum Gasteiger partial charge on any atom is 0.271 e. The average molecular weight is 381 g/mol. The van der Waals surface area contributed by atoms with Gasteiger partial charge in [0.1, 0.15) is 0 Å². The molecule has 1 heterocycles. The number of amides is 2. The number of hydrogen-bond donors (Lipinski definition) is 2. The zero-order valence-electron chi connectivity index (χ0n) is 13.2.